The van der Waals surface area contributed by atoms with E-state index in [1.165, 1.54) is 5.56 Å². The molecule has 4 heteroatoms. The molecule has 19 heavy (non-hydrogen) atoms. The van der Waals surface area contributed by atoms with Crippen LogP contribution in [-0.2, 0) is 4.79 Å². The van der Waals surface area contributed by atoms with Gasteiger partial charge in [-0.05, 0) is 44.1 Å². The summed E-state index contributed by atoms with van der Waals surface area (Å²) >= 11 is 5.14. The lowest BCUT2D eigenvalue weighted by Crippen LogP contribution is -2.34. The SMILES string of the molecule is CCCCCC(=O)NC(=S)Nc1ccc(C)cc1C. The zero-order valence-corrected chi connectivity index (χ0v) is 12.7. The van der Waals surface area contributed by atoms with Gasteiger partial charge in [0, 0.05) is 12.1 Å². The molecule has 0 aliphatic rings. The number of hydrogen-bond acceptors (Lipinski definition) is 2. The highest BCUT2D eigenvalue weighted by atomic mass is 32.1. The Kier molecular flexibility index (Phi) is 6.50. The van der Waals surface area contributed by atoms with E-state index < -0.39 is 0 Å². The van der Waals surface area contributed by atoms with Crippen molar-refractivity contribution in [2.24, 2.45) is 0 Å². The topological polar surface area (TPSA) is 41.1 Å². The number of carbonyl (C=O) groups is 1. The van der Waals surface area contributed by atoms with Gasteiger partial charge in [-0.1, -0.05) is 37.5 Å². The van der Waals surface area contributed by atoms with Gasteiger partial charge in [0.2, 0.25) is 5.91 Å². The van der Waals surface area contributed by atoms with Crippen LogP contribution in [0, 0.1) is 13.8 Å². The van der Waals surface area contributed by atoms with E-state index in [0.717, 1.165) is 30.5 Å². The number of nitrogens with one attached hydrogen (secondary N) is 2. The van der Waals surface area contributed by atoms with Gasteiger partial charge >= 0.3 is 0 Å². The van der Waals surface area contributed by atoms with Crippen LogP contribution < -0.4 is 10.6 Å². The fourth-order valence-electron chi connectivity index (χ4n) is 1.83. The molecule has 1 amide bonds. The predicted octanol–water partition coefficient (Wildman–Crippen LogP) is 3.70. The molecule has 2 N–H and O–H groups in total. The number of amides is 1. The van der Waals surface area contributed by atoms with Crippen LogP contribution in [-0.4, -0.2) is 11.0 Å². The van der Waals surface area contributed by atoms with Crippen LogP contribution in [0.1, 0.15) is 43.7 Å². The van der Waals surface area contributed by atoms with Crippen molar-refractivity contribution in [3.63, 3.8) is 0 Å². The number of thiocarbonyl (C=S) groups is 1. The summed E-state index contributed by atoms with van der Waals surface area (Å²) in [7, 11) is 0. The number of anilines is 1. The molecule has 0 atom stereocenters. The summed E-state index contributed by atoms with van der Waals surface area (Å²) in [5.74, 6) is -0.0179. The van der Waals surface area contributed by atoms with Gasteiger partial charge in [0.15, 0.2) is 5.11 Å². The average Bonchev–Trinajstić information content (AvgIpc) is 2.33. The molecule has 0 aromatic heterocycles. The molecule has 0 bridgehead atoms. The molecule has 0 unspecified atom stereocenters. The summed E-state index contributed by atoms with van der Waals surface area (Å²) in [6.07, 6.45) is 3.63. The van der Waals surface area contributed by atoms with Gasteiger partial charge in [-0.25, -0.2) is 0 Å². The largest absolute Gasteiger partial charge is 0.332 e. The maximum absolute atomic E-state index is 11.6. The van der Waals surface area contributed by atoms with Gasteiger partial charge in [0.1, 0.15) is 0 Å². The van der Waals surface area contributed by atoms with Crippen molar-refractivity contribution >= 4 is 28.9 Å². The van der Waals surface area contributed by atoms with E-state index in [9.17, 15) is 4.79 Å². The van der Waals surface area contributed by atoms with E-state index in [2.05, 4.69) is 23.6 Å². The molecule has 0 aliphatic heterocycles. The van der Waals surface area contributed by atoms with E-state index >= 15 is 0 Å². The number of benzene rings is 1. The minimum Gasteiger partial charge on any atom is -0.332 e. The van der Waals surface area contributed by atoms with Crippen molar-refractivity contribution in [2.75, 3.05) is 5.32 Å². The lowest BCUT2D eigenvalue weighted by molar-refractivity contribution is -0.119. The monoisotopic (exact) mass is 278 g/mol. The molecule has 0 fully saturated rings. The van der Waals surface area contributed by atoms with Crippen molar-refractivity contribution in [1.82, 2.24) is 5.32 Å². The van der Waals surface area contributed by atoms with Crippen LogP contribution in [0.5, 0.6) is 0 Å². The first-order valence-electron chi connectivity index (χ1n) is 6.71. The van der Waals surface area contributed by atoms with Crippen LogP contribution in [0.15, 0.2) is 18.2 Å². The minimum atomic E-state index is -0.0179. The first-order chi connectivity index (χ1) is 9.02. The van der Waals surface area contributed by atoms with Gasteiger partial charge in [0.25, 0.3) is 0 Å². The van der Waals surface area contributed by atoms with E-state index in [1.807, 2.05) is 26.0 Å². The Morgan fingerprint density at radius 1 is 1.26 bits per heavy atom. The summed E-state index contributed by atoms with van der Waals surface area (Å²) in [4.78, 5) is 11.6. The number of hydrogen-bond donors (Lipinski definition) is 2. The third kappa shape index (κ3) is 5.83. The summed E-state index contributed by atoms with van der Waals surface area (Å²) in [6, 6.07) is 6.06. The highest BCUT2D eigenvalue weighted by Crippen LogP contribution is 2.15. The Labute approximate surface area is 120 Å². The molecular weight excluding hydrogens is 256 g/mol. The Balaban J connectivity index is 2.44. The molecule has 104 valence electrons. The van der Waals surface area contributed by atoms with Crippen LogP contribution in [0.25, 0.3) is 0 Å². The fraction of sp³-hybridized carbons (Fsp3) is 0.467. The molecule has 1 rings (SSSR count). The van der Waals surface area contributed by atoms with Gasteiger partial charge in [-0.2, -0.15) is 0 Å². The van der Waals surface area contributed by atoms with Crippen LogP contribution >= 0.6 is 12.2 Å². The zero-order chi connectivity index (χ0) is 14.3. The Bertz CT molecular complexity index is 457. The normalized spacial score (nSPS) is 10.1. The highest BCUT2D eigenvalue weighted by Gasteiger charge is 2.05. The quantitative estimate of drug-likeness (QED) is 0.637. The minimum absolute atomic E-state index is 0.0179. The molecule has 0 radical (unpaired) electrons. The van der Waals surface area contributed by atoms with Gasteiger partial charge in [0.05, 0.1) is 0 Å². The van der Waals surface area contributed by atoms with E-state index in [-0.39, 0.29) is 5.91 Å². The lowest BCUT2D eigenvalue weighted by atomic mass is 10.1. The molecule has 0 saturated carbocycles. The van der Waals surface area contributed by atoms with E-state index in [4.69, 9.17) is 12.2 Å². The number of aryl methyl sites for hydroxylation is 2. The second-order valence-corrected chi connectivity index (χ2v) is 5.19. The second-order valence-electron chi connectivity index (χ2n) is 4.78. The number of unbranched alkanes of at least 4 members (excludes halogenated alkanes) is 2. The van der Waals surface area contributed by atoms with Crippen molar-refractivity contribution in [2.45, 2.75) is 46.5 Å². The van der Waals surface area contributed by atoms with Gasteiger partial charge < -0.3 is 10.6 Å². The van der Waals surface area contributed by atoms with Crippen LogP contribution in [0.4, 0.5) is 5.69 Å². The molecule has 0 aliphatic carbocycles. The third-order valence-electron chi connectivity index (χ3n) is 2.89. The average molecular weight is 278 g/mol. The first-order valence-corrected chi connectivity index (χ1v) is 7.12. The molecule has 3 nitrogen and oxygen atoms in total. The summed E-state index contributed by atoms with van der Waals surface area (Å²) in [5, 5.41) is 6.14. The second kappa shape index (κ2) is 7.89. The smallest absolute Gasteiger partial charge is 0.226 e. The van der Waals surface area contributed by atoms with Crippen molar-refractivity contribution in [3.8, 4) is 0 Å². The van der Waals surface area contributed by atoms with E-state index in [0.29, 0.717) is 11.5 Å². The number of carbonyl (C=O) groups excluding carboxylic acids is 1. The maximum Gasteiger partial charge on any atom is 0.226 e. The molecular formula is C15H22N2OS. The predicted molar refractivity (Wildman–Crippen MR) is 84.4 cm³/mol. The van der Waals surface area contributed by atoms with E-state index in [1.54, 1.807) is 0 Å². The summed E-state index contributed by atoms with van der Waals surface area (Å²) < 4.78 is 0. The van der Waals surface area contributed by atoms with Gasteiger partial charge in [-0.3, -0.25) is 4.79 Å². The van der Waals surface area contributed by atoms with Crippen LogP contribution in [0.3, 0.4) is 0 Å². The molecule has 0 saturated heterocycles. The van der Waals surface area contributed by atoms with Crippen molar-refractivity contribution < 1.29 is 4.79 Å². The zero-order valence-electron chi connectivity index (χ0n) is 11.9. The lowest BCUT2D eigenvalue weighted by Gasteiger charge is -2.12. The molecule has 0 heterocycles. The third-order valence-corrected chi connectivity index (χ3v) is 3.09. The summed E-state index contributed by atoms with van der Waals surface area (Å²) in [5.41, 5.74) is 3.25. The molecule has 0 spiro atoms. The Morgan fingerprint density at radius 2 is 2.00 bits per heavy atom. The molecule has 1 aromatic carbocycles. The fourth-order valence-corrected chi connectivity index (χ4v) is 2.06. The standard InChI is InChI=1S/C15H22N2OS/c1-4-5-6-7-14(18)17-15(19)16-13-9-8-11(2)10-12(13)3/h8-10H,4-7H2,1-3H3,(H2,16,17,18,19). The molecule has 1 aromatic rings. The Morgan fingerprint density at radius 3 is 2.63 bits per heavy atom. The van der Waals surface area contributed by atoms with Crippen molar-refractivity contribution in [1.29, 1.82) is 0 Å². The number of rotatable bonds is 5. The van der Waals surface area contributed by atoms with Crippen LogP contribution in [0.2, 0.25) is 0 Å². The van der Waals surface area contributed by atoms with Crippen molar-refractivity contribution in [3.05, 3.63) is 29.3 Å². The summed E-state index contributed by atoms with van der Waals surface area (Å²) in [6.45, 7) is 6.18. The van der Waals surface area contributed by atoms with Gasteiger partial charge in [-0.15, -0.1) is 0 Å². The first kappa shape index (κ1) is 15.6. The Hall–Kier alpha value is -1.42. The highest BCUT2D eigenvalue weighted by molar-refractivity contribution is 7.80. The maximum atomic E-state index is 11.6.